The summed E-state index contributed by atoms with van der Waals surface area (Å²) in [6, 6.07) is 13.1. The maximum atomic E-state index is 14.1. The highest BCUT2D eigenvalue weighted by Crippen LogP contribution is 2.49. The quantitative estimate of drug-likeness (QED) is 0.189. The lowest BCUT2D eigenvalue weighted by Crippen LogP contribution is -2.53. The molecule has 2 atom stereocenters. The van der Waals surface area contributed by atoms with Crippen molar-refractivity contribution in [2.45, 2.75) is 65.0 Å². The number of carbonyl (C=O) groups excluding carboxylic acids is 3. The van der Waals surface area contributed by atoms with Crippen LogP contribution in [0.1, 0.15) is 53.2 Å². The second-order valence-electron chi connectivity index (χ2n) is 12.3. The number of carbonyl (C=O) groups is 3. The van der Waals surface area contributed by atoms with Crippen LogP contribution in [-0.2, 0) is 30.8 Å². The Bertz CT molecular complexity index is 1880. The zero-order chi connectivity index (χ0) is 32.1. The molecule has 44 heavy (non-hydrogen) atoms. The molecular weight excluding hydrogens is 568 g/mol. The van der Waals surface area contributed by atoms with Gasteiger partial charge in [0.15, 0.2) is 12.2 Å². The molecule has 2 unspecified atom stereocenters. The fraction of sp³-hybridized carbons (Fsp3) is 0.394. The maximum absolute atomic E-state index is 14.1. The third-order valence-electron chi connectivity index (χ3n) is 7.46. The Morgan fingerprint density at radius 1 is 1.05 bits per heavy atom. The Labute approximate surface area is 254 Å². The molecule has 0 radical (unpaired) electrons. The lowest BCUT2D eigenvalue weighted by atomic mass is 9.86. The Morgan fingerprint density at radius 3 is 2.32 bits per heavy atom. The fourth-order valence-corrected chi connectivity index (χ4v) is 5.67. The Morgan fingerprint density at radius 2 is 1.70 bits per heavy atom. The first-order chi connectivity index (χ1) is 20.6. The van der Waals surface area contributed by atoms with Crippen LogP contribution in [0.2, 0.25) is 0 Å². The number of methoxy groups -OCH3 is 1. The van der Waals surface area contributed by atoms with Crippen LogP contribution in [0.3, 0.4) is 0 Å². The van der Waals surface area contributed by atoms with Gasteiger partial charge in [-0.2, -0.15) is 0 Å². The van der Waals surface area contributed by atoms with Gasteiger partial charge >= 0.3 is 18.0 Å². The highest BCUT2D eigenvalue weighted by molar-refractivity contribution is 6.04. The molecule has 4 aromatic rings. The smallest absolute Gasteiger partial charge is 0.408 e. The molecule has 11 heteroatoms. The highest BCUT2D eigenvalue weighted by Gasteiger charge is 2.50. The van der Waals surface area contributed by atoms with Crippen molar-refractivity contribution < 1.29 is 38.1 Å². The molecule has 1 aromatic heterocycles. The third-order valence-corrected chi connectivity index (χ3v) is 7.46. The Kier molecular flexibility index (Phi) is 7.69. The van der Waals surface area contributed by atoms with E-state index in [0.717, 1.165) is 10.8 Å². The first-order valence-electron chi connectivity index (χ1n) is 14.2. The number of pyridine rings is 1. The van der Waals surface area contributed by atoms with Crippen LogP contribution >= 0.6 is 0 Å². The predicted molar refractivity (Wildman–Crippen MR) is 164 cm³/mol. The van der Waals surface area contributed by atoms with Gasteiger partial charge < -0.3 is 33.6 Å². The van der Waals surface area contributed by atoms with E-state index in [1.165, 1.54) is 14.0 Å². The van der Waals surface area contributed by atoms with Crippen molar-refractivity contribution in [2.75, 3.05) is 13.7 Å². The van der Waals surface area contributed by atoms with Crippen LogP contribution in [0.5, 0.6) is 11.5 Å². The van der Waals surface area contributed by atoms with Crippen LogP contribution in [-0.4, -0.2) is 53.6 Å². The van der Waals surface area contributed by atoms with Crippen LogP contribution in [0.25, 0.3) is 32.6 Å². The summed E-state index contributed by atoms with van der Waals surface area (Å²) >= 11 is 0. The van der Waals surface area contributed by atoms with Gasteiger partial charge in [0.2, 0.25) is 5.43 Å². The Hall–Kier alpha value is -4.80. The number of aromatic nitrogens is 1. The van der Waals surface area contributed by atoms with Crippen molar-refractivity contribution in [3.05, 3.63) is 58.3 Å². The molecule has 2 heterocycles. The SMILES string of the molecule is COc1cc2c(c3c1c(=O)c1cc4ccccc4cc1n3C)C(OC(C)=O)C(OC(=O)CNC(=O)OC(C)(C)C)C(C)(C)O2. The lowest BCUT2D eigenvalue weighted by Gasteiger charge is -2.43. The van der Waals surface area contributed by atoms with Crippen LogP contribution in [0.15, 0.2) is 47.3 Å². The number of nitrogens with one attached hydrogen (secondary N) is 1. The number of hydrogen-bond donors (Lipinski definition) is 1. The van der Waals surface area contributed by atoms with Crippen molar-refractivity contribution in [1.29, 1.82) is 0 Å². The van der Waals surface area contributed by atoms with E-state index in [4.69, 9.17) is 23.7 Å². The minimum atomic E-state index is -1.21. The molecule has 232 valence electrons. The van der Waals surface area contributed by atoms with Gasteiger partial charge in [-0.3, -0.25) is 14.4 Å². The average molecular weight is 605 g/mol. The predicted octanol–water partition coefficient (Wildman–Crippen LogP) is 5.07. The summed E-state index contributed by atoms with van der Waals surface area (Å²) in [5.74, 6) is -0.849. The lowest BCUT2D eigenvalue weighted by molar-refractivity contribution is -0.188. The van der Waals surface area contributed by atoms with Crippen LogP contribution in [0.4, 0.5) is 4.79 Å². The average Bonchev–Trinajstić information content (AvgIpc) is 2.93. The van der Waals surface area contributed by atoms with Crippen molar-refractivity contribution in [1.82, 2.24) is 9.88 Å². The van der Waals surface area contributed by atoms with E-state index < -0.39 is 48.0 Å². The van der Waals surface area contributed by atoms with Crippen LogP contribution in [0, 0.1) is 0 Å². The van der Waals surface area contributed by atoms with E-state index in [1.54, 1.807) is 47.7 Å². The molecule has 3 aromatic carbocycles. The maximum Gasteiger partial charge on any atom is 0.408 e. The summed E-state index contributed by atoms with van der Waals surface area (Å²) in [4.78, 5) is 51.8. The zero-order valence-electron chi connectivity index (χ0n) is 26.0. The molecule has 0 aliphatic carbocycles. The van der Waals surface area contributed by atoms with E-state index in [9.17, 15) is 19.2 Å². The van der Waals surface area contributed by atoms with E-state index in [-0.39, 0.29) is 16.6 Å². The number of alkyl carbamates (subject to hydrolysis) is 1. The van der Waals surface area contributed by atoms with Crippen molar-refractivity contribution >= 4 is 50.6 Å². The first kappa shape index (κ1) is 30.7. The van der Waals surface area contributed by atoms with Gasteiger partial charge in [-0.15, -0.1) is 0 Å². The molecule has 0 spiro atoms. The van der Waals surface area contributed by atoms with E-state index in [1.807, 2.05) is 41.0 Å². The van der Waals surface area contributed by atoms with Crippen molar-refractivity contribution in [3.8, 4) is 11.5 Å². The van der Waals surface area contributed by atoms with Gasteiger partial charge in [-0.05, 0) is 57.5 Å². The number of aryl methyl sites for hydroxylation is 1. The monoisotopic (exact) mass is 604 g/mol. The van der Waals surface area contributed by atoms with Gasteiger partial charge in [-0.25, -0.2) is 4.79 Å². The fourth-order valence-electron chi connectivity index (χ4n) is 5.67. The molecule has 1 aliphatic rings. The molecule has 1 aliphatic heterocycles. The topological polar surface area (TPSA) is 131 Å². The number of rotatable bonds is 5. The largest absolute Gasteiger partial charge is 0.496 e. The summed E-state index contributed by atoms with van der Waals surface area (Å²) in [5.41, 5.74) is -0.853. The third kappa shape index (κ3) is 5.61. The Balaban J connectivity index is 1.69. The second-order valence-corrected chi connectivity index (χ2v) is 12.3. The molecule has 0 saturated carbocycles. The normalized spacial score (nSPS) is 17.5. The van der Waals surface area contributed by atoms with E-state index in [0.29, 0.717) is 27.7 Å². The van der Waals surface area contributed by atoms with Gasteiger partial charge in [0.05, 0.1) is 29.1 Å². The van der Waals surface area contributed by atoms with E-state index in [2.05, 4.69) is 5.32 Å². The second kappa shape index (κ2) is 11.0. The summed E-state index contributed by atoms with van der Waals surface area (Å²) < 4.78 is 30.8. The summed E-state index contributed by atoms with van der Waals surface area (Å²) in [7, 11) is 3.26. The minimum absolute atomic E-state index is 0.258. The van der Waals surface area contributed by atoms with Gasteiger partial charge in [0.1, 0.15) is 29.2 Å². The molecule has 0 bridgehead atoms. The summed E-state index contributed by atoms with van der Waals surface area (Å²) in [5, 5.41) is 4.96. The number of fused-ring (bicyclic) bond motifs is 5. The standard InChI is InChI=1S/C33H36N2O9/c1-17(36)41-29-26-23(43-33(5,6)30(29)42-24(37)16-34-31(39)44-32(2,3)4)15-22(40-8)25-27(26)35(7)21-14-19-12-10-9-11-18(19)13-20(21)28(25)38/h9-15,29-30H,16H2,1-8H3,(H,34,39). The number of nitrogens with zero attached hydrogens (tertiary/aromatic N) is 1. The van der Waals surface area contributed by atoms with Gasteiger partial charge in [0.25, 0.3) is 0 Å². The molecule has 0 saturated heterocycles. The zero-order valence-corrected chi connectivity index (χ0v) is 26.0. The molecule has 11 nitrogen and oxygen atoms in total. The van der Waals surface area contributed by atoms with Gasteiger partial charge in [-0.1, -0.05) is 24.3 Å². The minimum Gasteiger partial charge on any atom is -0.496 e. The van der Waals surface area contributed by atoms with Crippen molar-refractivity contribution in [3.63, 3.8) is 0 Å². The molecule has 5 rings (SSSR count). The number of benzene rings is 3. The molecule has 1 N–H and O–H groups in total. The number of hydrogen-bond acceptors (Lipinski definition) is 9. The molecular formula is C33H36N2O9. The van der Waals surface area contributed by atoms with Crippen LogP contribution < -0.4 is 20.2 Å². The summed E-state index contributed by atoms with van der Waals surface area (Å²) in [6.07, 6.45) is -3.12. The van der Waals surface area contributed by atoms with Gasteiger partial charge in [0, 0.05) is 25.4 Å². The molecule has 0 fully saturated rings. The first-order valence-corrected chi connectivity index (χ1v) is 14.2. The number of esters is 2. The highest BCUT2D eigenvalue weighted by atomic mass is 16.6. The van der Waals surface area contributed by atoms with E-state index >= 15 is 0 Å². The number of amides is 1. The number of ether oxygens (including phenoxy) is 5. The molecule has 1 amide bonds. The summed E-state index contributed by atoms with van der Waals surface area (Å²) in [6.45, 7) is 9.23. The van der Waals surface area contributed by atoms with Crippen molar-refractivity contribution in [2.24, 2.45) is 7.05 Å².